The van der Waals surface area contributed by atoms with E-state index in [-0.39, 0.29) is 0 Å². The summed E-state index contributed by atoms with van der Waals surface area (Å²) in [5.41, 5.74) is 0. The Bertz CT molecular complexity index is 277. The van der Waals surface area contributed by atoms with Crippen molar-refractivity contribution in [2.24, 2.45) is 0 Å². The van der Waals surface area contributed by atoms with Crippen LogP contribution in [0.4, 0.5) is 0 Å². The predicted octanol–water partition coefficient (Wildman–Crippen LogP) is 3.87. The lowest BCUT2D eigenvalue weighted by Crippen LogP contribution is -2.28. The average Bonchev–Trinajstić information content (AvgIpc) is 2.58. The van der Waals surface area contributed by atoms with Crippen molar-refractivity contribution in [2.45, 2.75) is 64.0 Å². The van der Waals surface area contributed by atoms with Crippen LogP contribution in [0.25, 0.3) is 0 Å². The van der Waals surface area contributed by atoms with Gasteiger partial charge in [-0.25, -0.2) is 0 Å². The standard InChI is InChI=1S/C18H43NO4Si2/c1-20-24(3,4)17-9-7-13-22-15-11-19-12-16-23-14-8-10-18-25(5,6)21-2/h19H,7-18H2,1-6H3. The first-order valence-electron chi connectivity index (χ1n) is 9.79. The van der Waals surface area contributed by atoms with Crippen LogP contribution in [0.5, 0.6) is 0 Å². The fourth-order valence-corrected chi connectivity index (χ4v) is 4.94. The highest BCUT2D eigenvalue weighted by molar-refractivity contribution is 6.71. The van der Waals surface area contributed by atoms with Crippen molar-refractivity contribution in [1.82, 2.24) is 5.32 Å². The molecule has 1 N–H and O–H groups in total. The molecule has 0 aromatic carbocycles. The van der Waals surface area contributed by atoms with E-state index in [9.17, 15) is 0 Å². The fraction of sp³-hybridized carbons (Fsp3) is 1.00. The van der Waals surface area contributed by atoms with Crippen LogP contribution in [0.3, 0.4) is 0 Å². The van der Waals surface area contributed by atoms with Crippen LogP contribution in [-0.2, 0) is 18.3 Å². The Morgan fingerprint density at radius 1 is 0.600 bits per heavy atom. The minimum Gasteiger partial charge on any atom is -0.420 e. The smallest absolute Gasteiger partial charge is 0.186 e. The first kappa shape index (κ1) is 25.2. The molecule has 0 fully saturated rings. The van der Waals surface area contributed by atoms with Crippen molar-refractivity contribution < 1.29 is 18.3 Å². The predicted molar refractivity (Wildman–Crippen MR) is 112 cm³/mol. The van der Waals surface area contributed by atoms with Crippen molar-refractivity contribution in [2.75, 3.05) is 53.7 Å². The zero-order chi connectivity index (χ0) is 19.0. The number of ether oxygens (including phenoxy) is 2. The van der Waals surface area contributed by atoms with Gasteiger partial charge in [-0.15, -0.1) is 0 Å². The van der Waals surface area contributed by atoms with E-state index in [0.717, 1.165) is 52.4 Å². The highest BCUT2D eigenvalue weighted by Gasteiger charge is 2.19. The highest BCUT2D eigenvalue weighted by Crippen LogP contribution is 2.14. The van der Waals surface area contributed by atoms with Gasteiger partial charge in [0.1, 0.15) is 0 Å². The molecule has 0 aliphatic carbocycles. The monoisotopic (exact) mass is 393 g/mol. The Labute approximate surface area is 158 Å². The summed E-state index contributed by atoms with van der Waals surface area (Å²) in [6, 6.07) is 2.43. The fourth-order valence-electron chi connectivity index (χ4n) is 2.33. The van der Waals surface area contributed by atoms with Crippen LogP contribution in [0.15, 0.2) is 0 Å². The third-order valence-corrected chi connectivity index (χ3v) is 9.91. The van der Waals surface area contributed by atoms with Crippen LogP contribution >= 0.6 is 0 Å². The third-order valence-electron chi connectivity index (χ3n) is 4.59. The SMILES string of the molecule is CO[Si](C)(C)CCCCOCCNCCOCCCC[Si](C)(C)OC. The molecule has 0 amide bonds. The molecule has 0 rings (SSSR count). The van der Waals surface area contributed by atoms with Gasteiger partial charge < -0.3 is 23.6 Å². The molecule has 0 spiro atoms. The molecule has 0 aliphatic rings. The van der Waals surface area contributed by atoms with Gasteiger partial charge in [-0.05, 0) is 51.1 Å². The van der Waals surface area contributed by atoms with E-state index in [4.69, 9.17) is 18.3 Å². The summed E-state index contributed by atoms with van der Waals surface area (Å²) in [4.78, 5) is 0. The molecule has 0 unspecified atom stereocenters. The molecule has 0 heterocycles. The van der Waals surface area contributed by atoms with Crippen LogP contribution in [-0.4, -0.2) is 70.4 Å². The number of hydrogen-bond donors (Lipinski definition) is 1. The Kier molecular flexibility index (Phi) is 15.5. The van der Waals surface area contributed by atoms with Gasteiger partial charge in [-0.1, -0.05) is 12.8 Å². The highest BCUT2D eigenvalue weighted by atomic mass is 28.4. The van der Waals surface area contributed by atoms with Crippen molar-refractivity contribution >= 4 is 16.6 Å². The summed E-state index contributed by atoms with van der Waals surface area (Å²) in [6.07, 6.45) is 4.67. The van der Waals surface area contributed by atoms with Crippen LogP contribution in [0.2, 0.25) is 38.3 Å². The van der Waals surface area contributed by atoms with Crippen LogP contribution in [0, 0.1) is 0 Å². The van der Waals surface area contributed by atoms with Gasteiger partial charge >= 0.3 is 0 Å². The summed E-state index contributed by atoms with van der Waals surface area (Å²) in [7, 11) is 0.915. The van der Waals surface area contributed by atoms with E-state index in [2.05, 4.69) is 31.5 Å². The van der Waals surface area contributed by atoms with E-state index in [1.54, 1.807) is 0 Å². The molecule has 25 heavy (non-hydrogen) atoms. The van der Waals surface area contributed by atoms with E-state index < -0.39 is 16.6 Å². The second-order valence-electron chi connectivity index (χ2n) is 7.82. The zero-order valence-corrected chi connectivity index (χ0v) is 19.6. The lowest BCUT2D eigenvalue weighted by molar-refractivity contribution is 0.118. The van der Waals surface area contributed by atoms with Crippen molar-refractivity contribution in [1.29, 1.82) is 0 Å². The number of hydrogen-bond acceptors (Lipinski definition) is 5. The van der Waals surface area contributed by atoms with E-state index in [1.807, 2.05) is 14.2 Å². The maximum Gasteiger partial charge on any atom is 0.186 e. The summed E-state index contributed by atoms with van der Waals surface area (Å²) in [5, 5.41) is 3.36. The molecule has 5 nitrogen and oxygen atoms in total. The Morgan fingerprint density at radius 3 is 1.36 bits per heavy atom. The van der Waals surface area contributed by atoms with E-state index in [1.165, 1.54) is 24.9 Å². The lowest BCUT2D eigenvalue weighted by atomic mass is 10.3. The minimum absolute atomic E-state index is 0.780. The van der Waals surface area contributed by atoms with Crippen LogP contribution < -0.4 is 5.32 Å². The minimum atomic E-state index is -1.38. The largest absolute Gasteiger partial charge is 0.420 e. The second kappa shape index (κ2) is 15.3. The molecule has 0 saturated carbocycles. The summed E-state index contributed by atoms with van der Waals surface area (Å²) < 4.78 is 22.4. The van der Waals surface area contributed by atoms with Crippen molar-refractivity contribution in [3.05, 3.63) is 0 Å². The average molecular weight is 394 g/mol. The lowest BCUT2D eigenvalue weighted by Gasteiger charge is -2.19. The molecule has 0 saturated heterocycles. The summed E-state index contributed by atoms with van der Waals surface area (Å²) in [5.74, 6) is 0. The number of unbranched alkanes of at least 4 members (excludes halogenated alkanes) is 2. The molecular weight excluding hydrogens is 350 g/mol. The van der Waals surface area contributed by atoms with Gasteiger partial charge in [-0.3, -0.25) is 0 Å². The van der Waals surface area contributed by atoms with Crippen LogP contribution in [0.1, 0.15) is 25.7 Å². The van der Waals surface area contributed by atoms with Gasteiger partial charge in [-0.2, -0.15) is 0 Å². The van der Waals surface area contributed by atoms with Crippen molar-refractivity contribution in [3.63, 3.8) is 0 Å². The second-order valence-corrected chi connectivity index (χ2v) is 16.7. The molecule has 7 heteroatoms. The van der Waals surface area contributed by atoms with Gasteiger partial charge in [0.25, 0.3) is 0 Å². The maximum atomic E-state index is 5.65. The zero-order valence-electron chi connectivity index (χ0n) is 17.6. The summed E-state index contributed by atoms with van der Waals surface area (Å²) >= 11 is 0. The third kappa shape index (κ3) is 17.4. The molecule has 0 bridgehead atoms. The topological polar surface area (TPSA) is 49.0 Å². The molecule has 152 valence electrons. The van der Waals surface area contributed by atoms with Gasteiger partial charge in [0, 0.05) is 40.5 Å². The number of nitrogens with one attached hydrogen (secondary N) is 1. The maximum absolute atomic E-state index is 5.65. The number of rotatable bonds is 18. The Morgan fingerprint density at radius 2 is 1.00 bits per heavy atom. The molecule has 0 aromatic rings. The molecule has 0 aromatic heterocycles. The molecular formula is C18H43NO4Si2. The Hall–Kier alpha value is 0.234. The van der Waals surface area contributed by atoms with Gasteiger partial charge in [0.2, 0.25) is 0 Å². The molecule has 0 radical (unpaired) electrons. The quantitative estimate of drug-likeness (QED) is 0.283. The molecule has 0 aliphatic heterocycles. The van der Waals surface area contributed by atoms with Crippen molar-refractivity contribution in [3.8, 4) is 0 Å². The van der Waals surface area contributed by atoms with E-state index in [0.29, 0.717) is 0 Å². The normalized spacial score (nSPS) is 12.7. The Balaban J connectivity index is 3.17. The first-order chi connectivity index (χ1) is 11.8. The summed E-state index contributed by atoms with van der Waals surface area (Å²) in [6.45, 7) is 14.1. The van der Waals surface area contributed by atoms with Gasteiger partial charge in [0.15, 0.2) is 16.6 Å². The first-order valence-corrected chi connectivity index (χ1v) is 16.0. The molecule has 0 atom stereocenters. The van der Waals surface area contributed by atoms with E-state index >= 15 is 0 Å². The van der Waals surface area contributed by atoms with Gasteiger partial charge in [0.05, 0.1) is 13.2 Å².